The van der Waals surface area contributed by atoms with Crippen molar-refractivity contribution in [2.24, 2.45) is 5.92 Å². The highest BCUT2D eigenvalue weighted by molar-refractivity contribution is 5.97. The number of rotatable bonds is 3. The summed E-state index contributed by atoms with van der Waals surface area (Å²) in [5, 5.41) is 2.37. The maximum Gasteiger partial charge on any atom is 0.247 e. The van der Waals surface area contributed by atoms with Crippen LogP contribution in [0.5, 0.6) is 0 Å². The summed E-state index contributed by atoms with van der Waals surface area (Å²) in [5.74, 6) is -2.12. The quantitative estimate of drug-likeness (QED) is 0.932. The van der Waals surface area contributed by atoms with Crippen molar-refractivity contribution < 1.29 is 18.4 Å². The number of likely N-dealkylation sites (tertiary alicyclic amines) is 1. The van der Waals surface area contributed by atoms with Gasteiger partial charge < -0.3 is 10.2 Å². The first-order valence-electron chi connectivity index (χ1n) is 6.96. The smallest absolute Gasteiger partial charge is 0.247 e. The van der Waals surface area contributed by atoms with E-state index in [1.165, 1.54) is 4.90 Å². The van der Waals surface area contributed by atoms with E-state index < -0.39 is 23.6 Å². The first-order chi connectivity index (χ1) is 9.90. The second kappa shape index (κ2) is 6.20. The van der Waals surface area contributed by atoms with E-state index in [9.17, 15) is 18.4 Å². The summed E-state index contributed by atoms with van der Waals surface area (Å²) in [6, 6.07) is 2.24. The predicted octanol–water partition coefficient (Wildman–Crippen LogP) is 2.55. The largest absolute Gasteiger partial charge is 0.330 e. The molecule has 1 N–H and O–H groups in total. The lowest BCUT2D eigenvalue weighted by Crippen LogP contribution is -2.44. The zero-order chi connectivity index (χ0) is 15.6. The molecule has 1 aromatic carbocycles. The lowest BCUT2D eigenvalue weighted by Gasteiger charge is -2.25. The van der Waals surface area contributed by atoms with E-state index in [1.54, 1.807) is 13.8 Å². The summed E-state index contributed by atoms with van der Waals surface area (Å²) >= 11 is 0. The van der Waals surface area contributed by atoms with Gasteiger partial charge in [0.2, 0.25) is 11.8 Å². The molecular formula is C15H18F2N2O2. The van der Waals surface area contributed by atoms with Crippen LogP contribution in [0, 0.1) is 17.6 Å². The number of carbonyl (C=O) groups is 2. The Morgan fingerprint density at radius 3 is 2.71 bits per heavy atom. The van der Waals surface area contributed by atoms with Gasteiger partial charge in [-0.25, -0.2) is 8.78 Å². The number of benzene rings is 1. The minimum absolute atomic E-state index is 0.104. The van der Waals surface area contributed by atoms with E-state index in [4.69, 9.17) is 0 Å². The SMILES string of the molecule is CC(C)C(=O)N1CCC[C@@H]1C(=O)Nc1cc(F)ccc1F. The fourth-order valence-electron chi connectivity index (χ4n) is 2.44. The van der Waals surface area contributed by atoms with Crippen LogP contribution in [-0.2, 0) is 9.59 Å². The third-order valence-corrected chi connectivity index (χ3v) is 3.52. The third kappa shape index (κ3) is 3.37. The van der Waals surface area contributed by atoms with Gasteiger partial charge in [0, 0.05) is 18.5 Å². The van der Waals surface area contributed by atoms with E-state index in [0.717, 1.165) is 24.6 Å². The number of amides is 2. The van der Waals surface area contributed by atoms with Crippen molar-refractivity contribution in [3.63, 3.8) is 0 Å². The molecule has 0 bridgehead atoms. The summed E-state index contributed by atoms with van der Waals surface area (Å²) in [6.45, 7) is 4.05. The van der Waals surface area contributed by atoms with Crippen molar-refractivity contribution >= 4 is 17.5 Å². The zero-order valence-corrected chi connectivity index (χ0v) is 12.0. The average Bonchev–Trinajstić information content (AvgIpc) is 2.91. The molecule has 1 aromatic rings. The highest BCUT2D eigenvalue weighted by atomic mass is 19.1. The minimum Gasteiger partial charge on any atom is -0.330 e. The van der Waals surface area contributed by atoms with Crippen molar-refractivity contribution in [1.29, 1.82) is 0 Å². The first kappa shape index (κ1) is 15.4. The molecule has 0 saturated carbocycles. The van der Waals surface area contributed by atoms with Crippen LogP contribution in [-0.4, -0.2) is 29.3 Å². The van der Waals surface area contributed by atoms with Gasteiger partial charge in [-0.1, -0.05) is 13.8 Å². The van der Waals surface area contributed by atoms with Gasteiger partial charge in [-0.05, 0) is 25.0 Å². The van der Waals surface area contributed by atoms with Crippen molar-refractivity contribution in [2.75, 3.05) is 11.9 Å². The van der Waals surface area contributed by atoms with E-state index in [-0.39, 0.29) is 17.5 Å². The zero-order valence-electron chi connectivity index (χ0n) is 12.0. The summed E-state index contributed by atoms with van der Waals surface area (Å²) < 4.78 is 26.6. The molecule has 0 radical (unpaired) electrons. The lowest BCUT2D eigenvalue weighted by atomic mass is 10.1. The minimum atomic E-state index is -0.704. The monoisotopic (exact) mass is 296 g/mol. The molecule has 1 atom stereocenters. The summed E-state index contributed by atoms with van der Waals surface area (Å²) in [6.07, 6.45) is 1.25. The van der Waals surface area contributed by atoms with Crippen molar-refractivity contribution in [1.82, 2.24) is 4.90 Å². The molecule has 2 rings (SSSR count). The van der Waals surface area contributed by atoms with Crippen molar-refractivity contribution in [2.45, 2.75) is 32.7 Å². The molecule has 1 heterocycles. The molecule has 21 heavy (non-hydrogen) atoms. The molecule has 6 heteroatoms. The Morgan fingerprint density at radius 2 is 2.05 bits per heavy atom. The molecule has 1 aliphatic rings. The Labute approximate surface area is 122 Å². The molecule has 0 aliphatic carbocycles. The molecule has 0 aromatic heterocycles. The van der Waals surface area contributed by atoms with Gasteiger partial charge in [-0.15, -0.1) is 0 Å². The van der Waals surface area contributed by atoms with E-state index in [1.807, 2.05) is 0 Å². The van der Waals surface area contributed by atoms with Crippen LogP contribution in [0.3, 0.4) is 0 Å². The number of anilines is 1. The molecule has 1 saturated heterocycles. The Morgan fingerprint density at radius 1 is 1.33 bits per heavy atom. The molecule has 0 spiro atoms. The molecule has 0 unspecified atom stereocenters. The summed E-state index contributed by atoms with van der Waals surface area (Å²) in [7, 11) is 0. The number of nitrogens with zero attached hydrogens (tertiary/aromatic N) is 1. The Kier molecular flexibility index (Phi) is 4.55. The molecular weight excluding hydrogens is 278 g/mol. The maximum atomic E-state index is 13.5. The standard InChI is InChI=1S/C15H18F2N2O2/c1-9(2)15(21)19-7-3-4-13(19)14(20)18-12-8-10(16)5-6-11(12)17/h5-6,8-9,13H,3-4,7H2,1-2H3,(H,18,20)/t13-/m1/s1. The number of halogens is 2. The lowest BCUT2D eigenvalue weighted by molar-refractivity contribution is -0.139. The van der Waals surface area contributed by atoms with Gasteiger partial charge in [0.1, 0.15) is 17.7 Å². The van der Waals surface area contributed by atoms with E-state index >= 15 is 0 Å². The second-order valence-corrected chi connectivity index (χ2v) is 5.46. The molecule has 4 nitrogen and oxygen atoms in total. The van der Waals surface area contributed by atoms with Crippen molar-refractivity contribution in [3.05, 3.63) is 29.8 Å². The highest BCUT2D eigenvalue weighted by Crippen LogP contribution is 2.22. The predicted molar refractivity (Wildman–Crippen MR) is 74.6 cm³/mol. The van der Waals surface area contributed by atoms with Gasteiger partial charge >= 0.3 is 0 Å². The highest BCUT2D eigenvalue weighted by Gasteiger charge is 2.35. The Balaban J connectivity index is 2.12. The summed E-state index contributed by atoms with van der Waals surface area (Å²) in [5.41, 5.74) is -0.205. The normalized spacial score (nSPS) is 18.1. The van der Waals surface area contributed by atoms with Crippen LogP contribution in [0.15, 0.2) is 18.2 Å². The van der Waals surface area contributed by atoms with Crippen LogP contribution in [0.4, 0.5) is 14.5 Å². The fourth-order valence-corrected chi connectivity index (χ4v) is 2.44. The van der Waals surface area contributed by atoms with Gasteiger partial charge in [0.05, 0.1) is 5.69 Å². The van der Waals surface area contributed by atoms with Gasteiger partial charge in [-0.3, -0.25) is 9.59 Å². The van der Waals surface area contributed by atoms with Crippen LogP contribution in [0.1, 0.15) is 26.7 Å². The first-order valence-corrected chi connectivity index (χ1v) is 6.96. The number of hydrogen-bond donors (Lipinski definition) is 1. The number of carbonyl (C=O) groups excluding carboxylic acids is 2. The van der Waals surface area contributed by atoms with Crippen LogP contribution >= 0.6 is 0 Å². The van der Waals surface area contributed by atoms with Gasteiger partial charge in [0.25, 0.3) is 0 Å². The molecule has 1 aliphatic heterocycles. The van der Waals surface area contributed by atoms with E-state index in [0.29, 0.717) is 13.0 Å². The van der Waals surface area contributed by atoms with Gasteiger partial charge in [0.15, 0.2) is 0 Å². The van der Waals surface area contributed by atoms with Crippen molar-refractivity contribution in [3.8, 4) is 0 Å². The van der Waals surface area contributed by atoms with E-state index in [2.05, 4.69) is 5.32 Å². The van der Waals surface area contributed by atoms with Crippen LogP contribution < -0.4 is 5.32 Å². The summed E-state index contributed by atoms with van der Waals surface area (Å²) in [4.78, 5) is 25.8. The Hall–Kier alpha value is -1.98. The van der Waals surface area contributed by atoms with Crippen LogP contribution in [0.2, 0.25) is 0 Å². The average molecular weight is 296 g/mol. The third-order valence-electron chi connectivity index (χ3n) is 3.52. The molecule has 2 amide bonds. The Bertz CT molecular complexity index is 561. The number of nitrogens with one attached hydrogen (secondary N) is 1. The maximum absolute atomic E-state index is 13.5. The number of hydrogen-bond acceptors (Lipinski definition) is 2. The fraction of sp³-hybridized carbons (Fsp3) is 0.467. The topological polar surface area (TPSA) is 49.4 Å². The van der Waals surface area contributed by atoms with Gasteiger partial charge in [-0.2, -0.15) is 0 Å². The molecule has 1 fully saturated rings. The van der Waals surface area contributed by atoms with Crippen LogP contribution in [0.25, 0.3) is 0 Å². The molecule has 114 valence electrons. The second-order valence-electron chi connectivity index (χ2n) is 5.46.